The SMILES string of the molecule is CCN(CC)c1ccc(/C=C2/CCC(C(=O)NP(=O)(N3CCCC3)N3CCCC3)=C2N2CCOCC2)cc1. The number of allylic oxidation sites excluding steroid dienone is 1. The number of hydrogen-bond donors (Lipinski definition) is 1. The minimum atomic E-state index is -3.13. The number of ether oxygens (including phenoxy) is 1. The van der Waals surface area contributed by atoms with Crippen molar-refractivity contribution in [3.05, 3.63) is 46.7 Å². The summed E-state index contributed by atoms with van der Waals surface area (Å²) in [5.74, 6) is -0.158. The summed E-state index contributed by atoms with van der Waals surface area (Å²) in [5.41, 5.74) is 5.35. The minimum absolute atomic E-state index is 0.158. The predicted octanol–water partition coefficient (Wildman–Crippen LogP) is 4.71. The summed E-state index contributed by atoms with van der Waals surface area (Å²) >= 11 is 0. The van der Waals surface area contributed by atoms with Crippen molar-refractivity contribution in [2.75, 3.05) is 70.5 Å². The summed E-state index contributed by atoms with van der Waals surface area (Å²) in [5, 5.41) is 3.13. The van der Waals surface area contributed by atoms with Crippen molar-refractivity contribution in [3.8, 4) is 0 Å². The number of hydrogen-bond acceptors (Lipinski definition) is 5. The van der Waals surface area contributed by atoms with Crippen LogP contribution in [-0.2, 0) is 14.1 Å². The molecule has 0 bridgehead atoms. The lowest BCUT2D eigenvalue weighted by molar-refractivity contribution is -0.116. The fourth-order valence-corrected chi connectivity index (χ4v) is 8.96. The summed E-state index contributed by atoms with van der Waals surface area (Å²) in [6.45, 7) is 12.3. The van der Waals surface area contributed by atoms with Crippen LogP contribution in [0.5, 0.6) is 0 Å². The Kier molecular flexibility index (Phi) is 8.94. The molecule has 3 saturated heterocycles. The van der Waals surface area contributed by atoms with E-state index in [1.165, 1.54) is 11.3 Å². The van der Waals surface area contributed by atoms with Crippen molar-refractivity contribution in [1.29, 1.82) is 0 Å². The minimum Gasteiger partial charge on any atom is -0.378 e. The summed E-state index contributed by atoms with van der Waals surface area (Å²) in [6.07, 6.45) is 7.86. The van der Waals surface area contributed by atoms with Crippen LogP contribution in [0.15, 0.2) is 41.1 Å². The first kappa shape index (κ1) is 27.4. The van der Waals surface area contributed by atoms with Crippen molar-refractivity contribution in [2.24, 2.45) is 0 Å². The molecule has 4 aliphatic rings. The fourth-order valence-electron chi connectivity index (χ4n) is 6.27. The van der Waals surface area contributed by atoms with Gasteiger partial charge < -0.3 is 14.5 Å². The Morgan fingerprint density at radius 1 is 0.921 bits per heavy atom. The van der Waals surface area contributed by atoms with Gasteiger partial charge in [-0.3, -0.25) is 14.4 Å². The van der Waals surface area contributed by atoms with E-state index in [-0.39, 0.29) is 5.91 Å². The molecule has 0 spiro atoms. The van der Waals surface area contributed by atoms with Crippen LogP contribution >= 0.6 is 7.59 Å². The van der Waals surface area contributed by atoms with Gasteiger partial charge in [-0.25, -0.2) is 9.34 Å². The number of morpholine rings is 1. The van der Waals surface area contributed by atoms with E-state index in [1.807, 2.05) is 9.34 Å². The highest BCUT2D eigenvalue weighted by molar-refractivity contribution is 7.57. The topological polar surface area (TPSA) is 68.4 Å². The van der Waals surface area contributed by atoms with E-state index >= 15 is 0 Å². The van der Waals surface area contributed by atoms with Gasteiger partial charge >= 0.3 is 7.59 Å². The van der Waals surface area contributed by atoms with Crippen LogP contribution in [0.1, 0.15) is 57.9 Å². The van der Waals surface area contributed by atoms with E-state index in [0.717, 1.165) is 101 Å². The average molecular weight is 542 g/mol. The quantitative estimate of drug-likeness (QED) is 0.454. The van der Waals surface area contributed by atoms with Crippen LogP contribution in [-0.4, -0.2) is 85.7 Å². The first-order chi connectivity index (χ1) is 18.5. The molecule has 0 atom stereocenters. The molecule has 0 saturated carbocycles. The number of anilines is 1. The molecular weight excluding hydrogens is 497 g/mol. The van der Waals surface area contributed by atoms with Gasteiger partial charge in [0.1, 0.15) is 0 Å². The van der Waals surface area contributed by atoms with Crippen LogP contribution in [0.4, 0.5) is 5.69 Å². The van der Waals surface area contributed by atoms with Crippen molar-refractivity contribution in [1.82, 2.24) is 19.3 Å². The third kappa shape index (κ3) is 5.74. The van der Waals surface area contributed by atoms with E-state index in [2.05, 4.69) is 59.1 Å². The Labute approximate surface area is 228 Å². The van der Waals surface area contributed by atoms with E-state index in [9.17, 15) is 9.36 Å². The predicted molar refractivity (Wildman–Crippen MR) is 154 cm³/mol. The zero-order valence-corrected chi connectivity index (χ0v) is 24.1. The molecular formula is C29H44N5O3P. The van der Waals surface area contributed by atoms with Crippen molar-refractivity contribution in [3.63, 3.8) is 0 Å². The molecule has 1 aromatic carbocycles. The van der Waals surface area contributed by atoms with Gasteiger partial charge in [-0.1, -0.05) is 12.1 Å². The second-order valence-corrected chi connectivity index (χ2v) is 13.1. The zero-order chi connectivity index (χ0) is 26.5. The van der Waals surface area contributed by atoms with E-state index < -0.39 is 7.59 Å². The molecule has 38 heavy (non-hydrogen) atoms. The molecule has 1 N–H and O–H groups in total. The molecule has 208 valence electrons. The number of carbonyl (C=O) groups is 1. The second kappa shape index (κ2) is 12.4. The molecule has 8 nitrogen and oxygen atoms in total. The molecule has 0 unspecified atom stereocenters. The molecule has 5 rings (SSSR count). The Balaban J connectivity index is 1.44. The maximum Gasteiger partial charge on any atom is 0.311 e. The Bertz CT molecular complexity index is 1060. The molecule has 9 heteroatoms. The molecule has 1 aromatic rings. The Morgan fingerprint density at radius 3 is 2.05 bits per heavy atom. The smallest absolute Gasteiger partial charge is 0.311 e. The molecule has 3 aliphatic heterocycles. The highest BCUT2D eigenvalue weighted by atomic mass is 31.2. The standard InChI is InChI=1S/C29H44N5O3P/c1-3-31(4-2)26-12-9-24(10-13-26)23-25-11-14-27(28(25)32-19-21-37-22-20-32)29(35)30-38(36,33-15-5-6-16-33)34-17-7-8-18-34/h9-10,12-13,23H,3-8,11,14-22H2,1-2H3,(H,30,35,36)/b25-23-. The number of nitrogens with zero attached hydrogens (tertiary/aromatic N) is 4. The molecule has 0 radical (unpaired) electrons. The fraction of sp³-hybridized carbons (Fsp3) is 0.621. The summed E-state index contributed by atoms with van der Waals surface area (Å²) in [7, 11) is -3.13. The van der Waals surface area contributed by atoms with Crippen LogP contribution < -0.4 is 9.99 Å². The van der Waals surface area contributed by atoms with Crippen molar-refractivity contribution < 1.29 is 14.1 Å². The number of rotatable bonds is 9. The number of carbonyl (C=O) groups excluding carboxylic acids is 1. The number of amides is 1. The van der Waals surface area contributed by atoms with Crippen molar-refractivity contribution >= 4 is 25.3 Å². The average Bonchev–Trinajstić information content (AvgIpc) is 3.74. The maximum absolute atomic E-state index is 14.4. The van der Waals surface area contributed by atoms with Crippen LogP contribution in [0, 0.1) is 0 Å². The van der Waals surface area contributed by atoms with Gasteiger partial charge in [0.2, 0.25) is 0 Å². The zero-order valence-electron chi connectivity index (χ0n) is 23.2. The van der Waals surface area contributed by atoms with Gasteiger partial charge in [-0.2, -0.15) is 0 Å². The van der Waals surface area contributed by atoms with Crippen LogP contribution in [0.3, 0.4) is 0 Å². The maximum atomic E-state index is 14.4. The van der Waals surface area contributed by atoms with Gasteiger partial charge in [0.05, 0.1) is 13.2 Å². The van der Waals surface area contributed by atoms with Crippen LogP contribution in [0.25, 0.3) is 6.08 Å². The lowest BCUT2D eigenvalue weighted by Crippen LogP contribution is -2.40. The normalized spacial score (nSPS) is 22.6. The first-order valence-electron chi connectivity index (χ1n) is 14.6. The van der Waals surface area contributed by atoms with Crippen molar-refractivity contribution in [2.45, 2.75) is 52.4 Å². The van der Waals surface area contributed by atoms with Gasteiger partial charge in [-0.05, 0) is 81.7 Å². The Hall–Kier alpha value is -2.12. The van der Waals surface area contributed by atoms with Gasteiger partial charge in [0, 0.05) is 69.3 Å². The highest BCUT2D eigenvalue weighted by Crippen LogP contribution is 2.53. The lowest BCUT2D eigenvalue weighted by Gasteiger charge is -2.35. The van der Waals surface area contributed by atoms with Gasteiger partial charge in [0.25, 0.3) is 5.91 Å². The molecule has 0 aromatic heterocycles. The molecule has 1 amide bonds. The second-order valence-electron chi connectivity index (χ2n) is 10.7. The van der Waals surface area contributed by atoms with Crippen LogP contribution in [0.2, 0.25) is 0 Å². The van der Waals surface area contributed by atoms with Gasteiger partial charge in [0.15, 0.2) is 0 Å². The third-order valence-electron chi connectivity index (χ3n) is 8.38. The number of benzene rings is 1. The number of nitrogens with one attached hydrogen (secondary N) is 1. The largest absolute Gasteiger partial charge is 0.378 e. The third-order valence-corrected chi connectivity index (χ3v) is 11.2. The highest BCUT2D eigenvalue weighted by Gasteiger charge is 2.43. The van der Waals surface area contributed by atoms with E-state index in [0.29, 0.717) is 19.6 Å². The summed E-state index contributed by atoms with van der Waals surface area (Å²) < 4.78 is 24.2. The monoisotopic (exact) mass is 541 g/mol. The van der Waals surface area contributed by atoms with E-state index in [4.69, 9.17) is 4.74 Å². The first-order valence-corrected chi connectivity index (χ1v) is 16.2. The van der Waals surface area contributed by atoms with E-state index in [1.54, 1.807) is 0 Å². The molecule has 1 aliphatic carbocycles. The van der Waals surface area contributed by atoms with Gasteiger partial charge in [-0.15, -0.1) is 0 Å². The Morgan fingerprint density at radius 2 is 1.50 bits per heavy atom. The molecule has 3 fully saturated rings. The summed E-state index contributed by atoms with van der Waals surface area (Å²) in [6, 6.07) is 8.71. The molecule has 3 heterocycles. The summed E-state index contributed by atoms with van der Waals surface area (Å²) in [4.78, 5) is 18.6. The lowest BCUT2D eigenvalue weighted by atomic mass is 10.1.